The first-order chi connectivity index (χ1) is 7.10. The third-order valence-corrected chi connectivity index (χ3v) is 2.04. The molecule has 0 aromatic heterocycles. The molecular weight excluding hydrogens is 198 g/mol. The number of phenolic OH excluding ortho intramolecular Hbond substituents is 1. The minimum atomic E-state index is -0.713. The standard InChI is InChI=1S/C10H13NO4/c1-15-10(14)6-2-3-9(13)7(4-6)8(11)5-12/h2-4,8,12-13H,5,11H2,1H3/t8-/m0/s1. The number of ether oxygens (including phenoxy) is 1. The fourth-order valence-electron chi connectivity index (χ4n) is 1.19. The first-order valence-corrected chi connectivity index (χ1v) is 4.37. The van der Waals surface area contributed by atoms with Crippen LogP contribution in [0.1, 0.15) is 22.0 Å². The van der Waals surface area contributed by atoms with Crippen molar-refractivity contribution in [2.45, 2.75) is 6.04 Å². The highest BCUT2D eigenvalue weighted by Gasteiger charge is 2.13. The zero-order valence-electron chi connectivity index (χ0n) is 8.30. The van der Waals surface area contributed by atoms with Crippen LogP contribution in [0.15, 0.2) is 18.2 Å². The lowest BCUT2D eigenvalue weighted by atomic mass is 10.0. The van der Waals surface area contributed by atoms with Crippen molar-refractivity contribution in [2.75, 3.05) is 13.7 Å². The van der Waals surface area contributed by atoms with Gasteiger partial charge in [-0.2, -0.15) is 0 Å². The van der Waals surface area contributed by atoms with Gasteiger partial charge in [0.05, 0.1) is 25.3 Å². The van der Waals surface area contributed by atoms with Gasteiger partial charge >= 0.3 is 5.97 Å². The molecule has 0 unspecified atom stereocenters. The van der Waals surface area contributed by atoms with Crippen molar-refractivity contribution in [1.29, 1.82) is 0 Å². The number of nitrogens with two attached hydrogens (primary N) is 1. The van der Waals surface area contributed by atoms with Gasteiger partial charge in [0.25, 0.3) is 0 Å². The number of aliphatic hydroxyl groups excluding tert-OH is 1. The Labute approximate surface area is 87.1 Å². The number of aliphatic hydroxyl groups is 1. The number of carbonyl (C=O) groups is 1. The van der Waals surface area contributed by atoms with Gasteiger partial charge in [0.1, 0.15) is 5.75 Å². The fraction of sp³-hybridized carbons (Fsp3) is 0.300. The minimum absolute atomic E-state index is 0.0517. The Kier molecular flexibility index (Phi) is 3.65. The lowest BCUT2D eigenvalue weighted by Crippen LogP contribution is -2.15. The van der Waals surface area contributed by atoms with Crippen LogP contribution in [0.3, 0.4) is 0 Å². The quantitative estimate of drug-likeness (QED) is 0.620. The van der Waals surface area contributed by atoms with Crippen LogP contribution in [0.5, 0.6) is 5.75 Å². The number of aromatic hydroxyl groups is 1. The maximum Gasteiger partial charge on any atom is 0.337 e. The molecule has 0 bridgehead atoms. The number of benzene rings is 1. The second kappa shape index (κ2) is 4.77. The molecule has 0 saturated carbocycles. The van der Waals surface area contributed by atoms with Crippen molar-refractivity contribution in [2.24, 2.45) is 5.73 Å². The highest BCUT2D eigenvalue weighted by molar-refractivity contribution is 5.89. The molecule has 0 saturated heterocycles. The summed E-state index contributed by atoms with van der Waals surface area (Å²) in [5.74, 6) is -0.564. The van der Waals surface area contributed by atoms with Crippen LogP contribution in [0.4, 0.5) is 0 Å². The van der Waals surface area contributed by atoms with Gasteiger partial charge in [-0.15, -0.1) is 0 Å². The van der Waals surface area contributed by atoms with Gasteiger partial charge in [0.2, 0.25) is 0 Å². The number of esters is 1. The number of methoxy groups -OCH3 is 1. The van der Waals surface area contributed by atoms with Crippen LogP contribution in [0.2, 0.25) is 0 Å². The average molecular weight is 211 g/mol. The van der Waals surface area contributed by atoms with Gasteiger partial charge in [0, 0.05) is 5.56 Å². The number of rotatable bonds is 3. The van der Waals surface area contributed by atoms with E-state index in [9.17, 15) is 9.90 Å². The smallest absolute Gasteiger partial charge is 0.337 e. The SMILES string of the molecule is COC(=O)c1ccc(O)c([C@@H](N)CO)c1. The molecule has 5 nitrogen and oxygen atoms in total. The zero-order chi connectivity index (χ0) is 11.4. The van der Waals surface area contributed by atoms with E-state index in [1.165, 1.54) is 25.3 Å². The van der Waals surface area contributed by atoms with Crippen molar-refractivity contribution >= 4 is 5.97 Å². The van der Waals surface area contributed by atoms with Gasteiger partial charge in [0.15, 0.2) is 0 Å². The lowest BCUT2D eigenvalue weighted by molar-refractivity contribution is 0.0600. The van der Waals surface area contributed by atoms with E-state index in [0.717, 1.165) is 0 Å². The van der Waals surface area contributed by atoms with E-state index < -0.39 is 12.0 Å². The van der Waals surface area contributed by atoms with E-state index >= 15 is 0 Å². The third kappa shape index (κ3) is 2.45. The third-order valence-electron chi connectivity index (χ3n) is 2.04. The van der Waals surface area contributed by atoms with Gasteiger partial charge in [-0.05, 0) is 18.2 Å². The normalized spacial score (nSPS) is 12.2. The summed E-state index contributed by atoms with van der Waals surface area (Å²) in [6, 6.07) is 3.46. The Morgan fingerprint density at radius 3 is 2.80 bits per heavy atom. The molecule has 0 spiro atoms. The zero-order valence-corrected chi connectivity index (χ0v) is 8.30. The lowest BCUT2D eigenvalue weighted by Gasteiger charge is -2.11. The van der Waals surface area contributed by atoms with Crippen molar-refractivity contribution in [1.82, 2.24) is 0 Å². The molecule has 0 aliphatic rings. The number of hydrogen-bond donors (Lipinski definition) is 3. The first kappa shape index (κ1) is 11.5. The monoisotopic (exact) mass is 211 g/mol. The minimum Gasteiger partial charge on any atom is -0.508 e. The van der Waals surface area contributed by atoms with E-state index in [1.807, 2.05) is 0 Å². The number of carbonyl (C=O) groups excluding carboxylic acids is 1. The van der Waals surface area contributed by atoms with Crippen LogP contribution in [-0.2, 0) is 4.74 Å². The van der Waals surface area contributed by atoms with Gasteiger partial charge in [-0.25, -0.2) is 4.79 Å². The Hall–Kier alpha value is -1.59. The maximum absolute atomic E-state index is 11.2. The molecule has 0 aliphatic heterocycles. The molecule has 1 aromatic rings. The average Bonchev–Trinajstić information content (AvgIpc) is 2.27. The van der Waals surface area contributed by atoms with Crippen molar-refractivity contribution < 1.29 is 19.7 Å². The summed E-state index contributed by atoms with van der Waals surface area (Å²) >= 11 is 0. The molecule has 0 amide bonds. The summed E-state index contributed by atoms with van der Waals surface area (Å²) in [5.41, 5.74) is 6.15. The maximum atomic E-state index is 11.2. The van der Waals surface area contributed by atoms with E-state index in [4.69, 9.17) is 10.8 Å². The molecule has 5 heteroatoms. The van der Waals surface area contributed by atoms with E-state index in [2.05, 4.69) is 4.74 Å². The topological polar surface area (TPSA) is 92.8 Å². The van der Waals surface area contributed by atoms with Crippen LogP contribution >= 0.6 is 0 Å². The predicted molar refractivity (Wildman–Crippen MR) is 53.5 cm³/mol. The largest absolute Gasteiger partial charge is 0.508 e. The van der Waals surface area contributed by atoms with Crippen molar-refractivity contribution in [3.05, 3.63) is 29.3 Å². The van der Waals surface area contributed by atoms with E-state index in [1.54, 1.807) is 0 Å². The molecule has 1 rings (SSSR count). The van der Waals surface area contributed by atoms with Crippen molar-refractivity contribution in [3.8, 4) is 5.75 Å². The Morgan fingerprint density at radius 2 is 2.27 bits per heavy atom. The van der Waals surface area contributed by atoms with Crippen LogP contribution in [0.25, 0.3) is 0 Å². The van der Waals surface area contributed by atoms with Gasteiger partial charge in [-0.1, -0.05) is 0 Å². The molecule has 82 valence electrons. The number of hydrogen-bond acceptors (Lipinski definition) is 5. The van der Waals surface area contributed by atoms with Crippen LogP contribution in [0, 0.1) is 0 Å². The summed E-state index contributed by atoms with van der Waals surface area (Å²) in [6.07, 6.45) is 0. The van der Waals surface area contributed by atoms with Gasteiger partial charge in [-0.3, -0.25) is 0 Å². The summed E-state index contributed by atoms with van der Waals surface area (Å²) in [7, 11) is 1.26. The van der Waals surface area contributed by atoms with E-state index in [0.29, 0.717) is 5.56 Å². The molecular formula is C10H13NO4. The molecule has 1 aromatic carbocycles. The highest BCUT2D eigenvalue weighted by atomic mass is 16.5. The Morgan fingerprint density at radius 1 is 1.60 bits per heavy atom. The Balaban J connectivity index is 3.10. The fourth-order valence-corrected chi connectivity index (χ4v) is 1.19. The molecule has 15 heavy (non-hydrogen) atoms. The predicted octanol–water partition coefficient (Wildman–Crippen LogP) is 0.171. The summed E-state index contributed by atoms with van der Waals surface area (Å²) in [4.78, 5) is 11.2. The summed E-state index contributed by atoms with van der Waals surface area (Å²) < 4.78 is 4.52. The summed E-state index contributed by atoms with van der Waals surface area (Å²) in [6.45, 7) is -0.307. The number of phenols is 1. The molecule has 4 N–H and O–H groups in total. The van der Waals surface area contributed by atoms with Crippen LogP contribution in [-0.4, -0.2) is 29.9 Å². The molecule has 0 aliphatic carbocycles. The summed E-state index contributed by atoms with van der Waals surface area (Å²) in [5, 5.41) is 18.3. The second-order valence-electron chi connectivity index (χ2n) is 3.05. The molecule has 1 atom stereocenters. The van der Waals surface area contributed by atoms with Crippen LogP contribution < -0.4 is 5.73 Å². The van der Waals surface area contributed by atoms with Gasteiger partial charge < -0.3 is 20.7 Å². The molecule has 0 heterocycles. The Bertz CT molecular complexity index is 364. The molecule has 0 radical (unpaired) electrons. The highest BCUT2D eigenvalue weighted by Crippen LogP contribution is 2.23. The van der Waals surface area contributed by atoms with E-state index in [-0.39, 0.29) is 17.9 Å². The van der Waals surface area contributed by atoms with Crippen molar-refractivity contribution in [3.63, 3.8) is 0 Å². The molecule has 0 fully saturated rings. The first-order valence-electron chi connectivity index (χ1n) is 4.37. The second-order valence-corrected chi connectivity index (χ2v) is 3.05.